The molecule has 1 aromatic heterocycles. The molecular formula is C26H27ClF2N4O2S. The van der Waals surface area contributed by atoms with E-state index in [9.17, 15) is 9.18 Å². The summed E-state index contributed by atoms with van der Waals surface area (Å²) < 4.78 is 34.6. The summed E-state index contributed by atoms with van der Waals surface area (Å²) >= 11 is 7.12. The fourth-order valence-electron chi connectivity index (χ4n) is 5.52. The minimum atomic E-state index is -1.07. The Bertz CT molecular complexity index is 1260. The summed E-state index contributed by atoms with van der Waals surface area (Å²) in [5.74, 6) is -1.28. The summed E-state index contributed by atoms with van der Waals surface area (Å²) in [6.45, 7) is 2.95. The highest BCUT2D eigenvalue weighted by molar-refractivity contribution is 8.15. The Morgan fingerprint density at radius 3 is 2.92 bits per heavy atom. The van der Waals surface area contributed by atoms with E-state index >= 15 is 4.39 Å². The number of carbonyl (C=O) groups excluding carboxylic acids is 1. The number of aliphatic imine (C=N–C) groups is 1. The molecule has 0 spiro atoms. The van der Waals surface area contributed by atoms with Gasteiger partial charge in [0.1, 0.15) is 16.4 Å². The highest BCUT2D eigenvalue weighted by Crippen LogP contribution is 2.66. The van der Waals surface area contributed by atoms with Gasteiger partial charge in [0.2, 0.25) is 5.91 Å². The lowest BCUT2D eigenvalue weighted by atomic mass is 9.84. The number of ether oxygens (including phenoxy) is 1. The van der Waals surface area contributed by atoms with Crippen LogP contribution < -0.4 is 5.73 Å². The first-order valence-electron chi connectivity index (χ1n) is 11.8. The van der Waals surface area contributed by atoms with Crippen LogP contribution in [-0.2, 0) is 15.1 Å². The molecule has 10 heteroatoms. The van der Waals surface area contributed by atoms with Gasteiger partial charge in [0.25, 0.3) is 0 Å². The second kappa shape index (κ2) is 9.43. The third-order valence-corrected chi connectivity index (χ3v) is 8.89. The van der Waals surface area contributed by atoms with E-state index in [0.717, 1.165) is 12.8 Å². The number of likely N-dealkylation sites (tertiary alicyclic amines) is 1. The number of hydrogen-bond donors (Lipinski definition) is 1. The van der Waals surface area contributed by atoms with Crippen LogP contribution in [0.25, 0.3) is 11.9 Å². The summed E-state index contributed by atoms with van der Waals surface area (Å²) in [7, 11) is 1.63. The number of methoxy groups -OCH3 is 1. The van der Waals surface area contributed by atoms with E-state index in [1.54, 1.807) is 26.2 Å². The van der Waals surface area contributed by atoms with Gasteiger partial charge in [0, 0.05) is 31.3 Å². The average Bonchev–Trinajstić information content (AvgIpc) is 3.43. The molecule has 6 nitrogen and oxygen atoms in total. The van der Waals surface area contributed by atoms with Gasteiger partial charge in [0.05, 0.1) is 28.9 Å². The first-order valence-corrected chi connectivity index (χ1v) is 13.0. The number of fused-ring (bicyclic) bond motifs is 1. The van der Waals surface area contributed by atoms with Gasteiger partial charge in [0.15, 0.2) is 5.17 Å². The minimum Gasteiger partial charge on any atom is -0.383 e. The van der Waals surface area contributed by atoms with Crippen molar-refractivity contribution >= 4 is 46.3 Å². The summed E-state index contributed by atoms with van der Waals surface area (Å²) in [5, 5.41) is 0.651. The predicted octanol–water partition coefficient (Wildman–Crippen LogP) is 5.01. The number of nitrogens with zero attached hydrogens (tertiary/aromatic N) is 3. The molecule has 2 aromatic rings. The van der Waals surface area contributed by atoms with Crippen molar-refractivity contribution in [1.82, 2.24) is 9.88 Å². The molecule has 2 N–H and O–H groups in total. The Morgan fingerprint density at radius 2 is 2.19 bits per heavy atom. The van der Waals surface area contributed by atoms with Crippen LogP contribution in [0.1, 0.15) is 43.0 Å². The van der Waals surface area contributed by atoms with Crippen LogP contribution in [-0.4, -0.2) is 52.0 Å². The molecule has 3 aliphatic rings. The first kappa shape index (κ1) is 25.2. The van der Waals surface area contributed by atoms with Crippen molar-refractivity contribution in [1.29, 1.82) is 0 Å². The van der Waals surface area contributed by atoms with E-state index in [1.165, 1.54) is 42.2 Å². The number of halogens is 3. The van der Waals surface area contributed by atoms with E-state index < -0.39 is 21.9 Å². The van der Waals surface area contributed by atoms with Gasteiger partial charge in [-0.05, 0) is 62.1 Å². The quantitative estimate of drug-likeness (QED) is 0.565. The molecule has 0 unspecified atom stereocenters. The maximum atomic E-state index is 15.2. The van der Waals surface area contributed by atoms with Crippen LogP contribution >= 0.6 is 23.4 Å². The molecule has 1 aromatic carbocycles. The normalized spacial score (nSPS) is 29.6. The van der Waals surface area contributed by atoms with Crippen LogP contribution in [0.2, 0.25) is 5.02 Å². The van der Waals surface area contributed by atoms with E-state index in [0.29, 0.717) is 30.2 Å². The van der Waals surface area contributed by atoms with Crippen molar-refractivity contribution in [3.05, 3.63) is 64.2 Å². The van der Waals surface area contributed by atoms with Gasteiger partial charge in [-0.25, -0.2) is 8.78 Å². The fraction of sp³-hybridized carbons (Fsp3) is 0.423. The molecule has 2 fully saturated rings. The summed E-state index contributed by atoms with van der Waals surface area (Å²) in [4.78, 5) is 24.3. The Labute approximate surface area is 218 Å². The molecule has 0 radical (unpaired) electrons. The highest BCUT2D eigenvalue weighted by atomic mass is 35.5. The molecule has 190 valence electrons. The second-order valence-electron chi connectivity index (χ2n) is 9.69. The van der Waals surface area contributed by atoms with Crippen molar-refractivity contribution in [2.24, 2.45) is 16.6 Å². The molecule has 36 heavy (non-hydrogen) atoms. The molecule has 0 bridgehead atoms. The van der Waals surface area contributed by atoms with Gasteiger partial charge in [-0.1, -0.05) is 29.4 Å². The Morgan fingerprint density at radius 1 is 1.39 bits per heavy atom. The zero-order valence-corrected chi connectivity index (χ0v) is 21.6. The van der Waals surface area contributed by atoms with Crippen LogP contribution in [0.5, 0.6) is 0 Å². The lowest BCUT2D eigenvalue weighted by Gasteiger charge is -2.36. The van der Waals surface area contributed by atoms with Gasteiger partial charge >= 0.3 is 0 Å². The predicted molar refractivity (Wildman–Crippen MR) is 139 cm³/mol. The second-order valence-corrected chi connectivity index (χ2v) is 11.5. The number of benzene rings is 1. The SMILES string of the molecule is COC[C@@H]1CCCN1C(=O)[C@]12C[C@H]1[C@@](C)(c1cc(/C=C(\F)c3ccc(Cl)cn3)ccc1F)N=C(N)S2. The minimum absolute atomic E-state index is 0.0115. The summed E-state index contributed by atoms with van der Waals surface area (Å²) in [6.07, 6.45) is 5.00. The lowest BCUT2D eigenvalue weighted by molar-refractivity contribution is -0.133. The van der Waals surface area contributed by atoms with E-state index in [-0.39, 0.29) is 34.3 Å². The number of pyridine rings is 1. The van der Waals surface area contributed by atoms with Gasteiger partial charge in [-0.3, -0.25) is 14.8 Å². The van der Waals surface area contributed by atoms with Crippen LogP contribution in [0.4, 0.5) is 8.78 Å². The van der Waals surface area contributed by atoms with Gasteiger partial charge in [-0.2, -0.15) is 0 Å². The van der Waals surface area contributed by atoms with Crippen molar-refractivity contribution in [3.8, 4) is 0 Å². The number of carbonyl (C=O) groups is 1. The molecular weight excluding hydrogens is 506 g/mol. The van der Waals surface area contributed by atoms with Crippen molar-refractivity contribution in [2.75, 3.05) is 20.3 Å². The molecule has 5 rings (SSSR count). The zero-order valence-electron chi connectivity index (χ0n) is 20.0. The number of rotatable bonds is 6. The summed E-state index contributed by atoms with van der Waals surface area (Å²) in [5.41, 5.74) is 6.03. The standard InChI is InChI=1S/C26H27ClF2N4O2S/c1-25(18-10-15(5-7-19(18)28)11-20(29)21-8-6-16(27)13-31-21)22-12-26(22,36-24(30)32-25)23(34)33-9-3-4-17(33)14-35-2/h5-8,10-11,13,17,22H,3-4,9,12,14H2,1-2H3,(H2,30,32)/b20-11-/t17-,22-,25+,26-/m0/s1. The number of thioether (sulfide) groups is 1. The molecule has 1 amide bonds. The number of aromatic nitrogens is 1. The van der Waals surface area contributed by atoms with Crippen LogP contribution in [0.3, 0.4) is 0 Å². The molecule has 1 saturated carbocycles. The van der Waals surface area contributed by atoms with E-state index in [4.69, 9.17) is 22.1 Å². The average molecular weight is 533 g/mol. The Hall–Kier alpha value is -2.49. The molecule has 1 aliphatic carbocycles. The number of hydrogen-bond acceptors (Lipinski definition) is 6. The maximum Gasteiger partial charge on any atom is 0.240 e. The maximum absolute atomic E-state index is 15.2. The number of nitrogens with two attached hydrogens (primary N) is 1. The third kappa shape index (κ3) is 4.31. The largest absolute Gasteiger partial charge is 0.383 e. The summed E-state index contributed by atoms with van der Waals surface area (Å²) in [6, 6.07) is 7.42. The topological polar surface area (TPSA) is 80.8 Å². The molecule has 4 atom stereocenters. The van der Waals surface area contributed by atoms with E-state index in [2.05, 4.69) is 9.98 Å². The van der Waals surface area contributed by atoms with Crippen molar-refractivity contribution in [2.45, 2.75) is 42.5 Å². The number of amidine groups is 1. The van der Waals surface area contributed by atoms with Gasteiger partial charge < -0.3 is 15.4 Å². The fourth-order valence-corrected chi connectivity index (χ4v) is 7.07. The van der Waals surface area contributed by atoms with Crippen LogP contribution in [0, 0.1) is 11.7 Å². The Kier molecular flexibility index (Phi) is 6.59. The lowest BCUT2D eigenvalue weighted by Crippen LogP contribution is -2.48. The Balaban J connectivity index is 1.47. The highest BCUT2D eigenvalue weighted by Gasteiger charge is 2.71. The number of amides is 1. The third-order valence-electron chi connectivity index (χ3n) is 7.38. The van der Waals surface area contributed by atoms with Crippen molar-refractivity contribution in [3.63, 3.8) is 0 Å². The van der Waals surface area contributed by atoms with Gasteiger partial charge in [-0.15, -0.1) is 0 Å². The smallest absolute Gasteiger partial charge is 0.240 e. The van der Waals surface area contributed by atoms with Crippen LogP contribution in [0.15, 0.2) is 41.5 Å². The molecule has 2 aliphatic heterocycles. The zero-order chi connectivity index (χ0) is 25.7. The molecule has 1 saturated heterocycles. The van der Waals surface area contributed by atoms with E-state index in [1.807, 2.05) is 4.90 Å². The molecule has 3 heterocycles. The first-order chi connectivity index (χ1) is 17.2. The monoisotopic (exact) mass is 532 g/mol. The van der Waals surface area contributed by atoms with Crippen molar-refractivity contribution < 1.29 is 18.3 Å².